The van der Waals surface area contributed by atoms with Crippen LogP contribution in [0, 0.1) is 0 Å². The number of hydrogen-bond acceptors (Lipinski definition) is 3. The zero-order valence-corrected chi connectivity index (χ0v) is 8.13. The van der Waals surface area contributed by atoms with Gasteiger partial charge in [-0.1, -0.05) is 6.08 Å². The summed E-state index contributed by atoms with van der Waals surface area (Å²) in [6, 6.07) is 0. The van der Waals surface area contributed by atoms with Crippen molar-refractivity contribution >= 4 is 16.8 Å². The monoisotopic (exact) mass is 203 g/mol. The minimum atomic E-state index is -0.916. The van der Waals surface area contributed by atoms with Gasteiger partial charge in [0.25, 0.3) is 0 Å². The van der Waals surface area contributed by atoms with E-state index in [0.717, 1.165) is 19.2 Å². The van der Waals surface area contributed by atoms with Gasteiger partial charge in [-0.2, -0.15) is 0 Å². The second-order valence-corrected chi connectivity index (χ2v) is 4.59. The fourth-order valence-electron chi connectivity index (χ4n) is 1.16. The summed E-state index contributed by atoms with van der Waals surface area (Å²) in [5, 5.41) is 8.33. The summed E-state index contributed by atoms with van der Waals surface area (Å²) in [4.78, 5) is 12.2. The summed E-state index contributed by atoms with van der Waals surface area (Å²) >= 11 is 0. The van der Waals surface area contributed by atoms with Crippen LogP contribution in [0.5, 0.6) is 0 Å². The number of carbonyl (C=O) groups is 1. The number of rotatable bonds is 3. The van der Waals surface area contributed by atoms with E-state index in [1.165, 1.54) is 0 Å². The van der Waals surface area contributed by atoms with Gasteiger partial charge in [0.1, 0.15) is 0 Å². The van der Waals surface area contributed by atoms with Crippen molar-refractivity contribution in [2.24, 2.45) is 0 Å². The molecule has 0 spiro atoms. The predicted octanol–water partition coefficient (Wildman–Crippen LogP) is -0.308. The first-order valence-corrected chi connectivity index (χ1v) is 5.64. The number of carboxylic acid groups (broad SMARTS) is 1. The Morgan fingerprint density at radius 1 is 1.46 bits per heavy atom. The van der Waals surface area contributed by atoms with Gasteiger partial charge in [-0.05, 0) is 0 Å². The molecule has 1 rings (SSSR count). The molecule has 1 aliphatic rings. The maximum Gasteiger partial charge on any atom is 0.328 e. The Hall–Kier alpha value is -0.680. The second-order valence-electron chi connectivity index (χ2n) is 2.89. The summed E-state index contributed by atoms with van der Waals surface area (Å²) in [6.45, 7) is 2.25. The minimum Gasteiger partial charge on any atom is -0.478 e. The molecule has 0 aliphatic carbocycles. The zero-order valence-electron chi connectivity index (χ0n) is 7.31. The molecule has 0 saturated carbocycles. The van der Waals surface area contributed by atoms with Gasteiger partial charge in [-0.25, -0.2) is 4.79 Å². The first-order valence-electron chi connectivity index (χ1n) is 4.15. The normalized spacial score (nSPS) is 20.9. The van der Waals surface area contributed by atoms with Gasteiger partial charge in [-0.15, -0.1) is 0 Å². The van der Waals surface area contributed by atoms with Crippen molar-refractivity contribution in [1.82, 2.24) is 4.90 Å². The first-order chi connectivity index (χ1) is 6.18. The predicted molar refractivity (Wildman–Crippen MR) is 51.1 cm³/mol. The second kappa shape index (κ2) is 5.14. The highest BCUT2D eigenvalue weighted by Crippen LogP contribution is 1.99. The maximum atomic E-state index is 11.0. The van der Waals surface area contributed by atoms with Crippen LogP contribution in [-0.2, 0) is 15.6 Å². The molecule has 1 heterocycles. The molecule has 0 unspecified atom stereocenters. The lowest BCUT2D eigenvalue weighted by Crippen LogP contribution is -2.37. The van der Waals surface area contributed by atoms with Crippen molar-refractivity contribution in [1.29, 1.82) is 0 Å². The first kappa shape index (κ1) is 10.4. The molecule has 1 N–H and O–H groups in total. The number of aliphatic carboxylic acids is 1. The van der Waals surface area contributed by atoms with Gasteiger partial charge in [-0.3, -0.25) is 9.11 Å². The molecule has 0 radical (unpaired) electrons. The van der Waals surface area contributed by atoms with Crippen molar-refractivity contribution in [3.05, 3.63) is 12.2 Å². The van der Waals surface area contributed by atoms with Crippen LogP contribution < -0.4 is 0 Å². The number of hydrogen-bond donors (Lipinski definition) is 1. The smallest absolute Gasteiger partial charge is 0.328 e. The topological polar surface area (TPSA) is 57.6 Å². The maximum absolute atomic E-state index is 11.0. The highest BCUT2D eigenvalue weighted by Gasteiger charge is 2.13. The largest absolute Gasteiger partial charge is 0.478 e. The van der Waals surface area contributed by atoms with Crippen LogP contribution in [0.4, 0.5) is 0 Å². The molecule has 0 aromatic heterocycles. The van der Waals surface area contributed by atoms with Crippen molar-refractivity contribution in [3.8, 4) is 0 Å². The Kier molecular flexibility index (Phi) is 4.11. The van der Waals surface area contributed by atoms with Crippen molar-refractivity contribution in [3.63, 3.8) is 0 Å². The van der Waals surface area contributed by atoms with Gasteiger partial charge in [0, 0.05) is 48.0 Å². The van der Waals surface area contributed by atoms with Crippen LogP contribution >= 0.6 is 0 Å². The van der Waals surface area contributed by atoms with Gasteiger partial charge in [0.15, 0.2) is 0 Å². The van der Waals surface area contributed by atoms with Gasteiger partial charge >= 0.3 is 5.97 Å². The summed E-state index contributed by atoms with van der Waals surface area (Å²) in [6.07, 6.45) is 2.77. The van der Waals surface area contributed by atoms with Gasteiger partial charge < -0.3 is 5.11 Å². The van der Waals surface area contributed by atoms with Gasteiger partial charge in [0.2, 0.25) is 0 Å². The van der Waals surface area contributed by atoms with Crippen LogP contribution in [0.2, 0.25) is 0 Å². The average molecular weight is 203 g/mol. The third-order valence-corrected chi connectivity index (χ3v) is 3.17. The zero-order chi connectivity index (χ0) is 9.68. The van der Waals surface area contributed by atoms with Crippen molar-refractivity contribution < 1.29 is 14.1 Å². The van der Waals surface area contributed by atoms with E-state index < -0.39 is 16.8 Å². The van der Waals surface area contributed by atoms with Crippen LogP contribution in [0.3, 0.4) is 0 Å². The van der Waals surface area contributed by atoms with Crippen LogP contribution in [0.25, 0.3) is 0 Å². The summed E-state index contributed by atoms with van der Waals surface area (Å²) < 4.78 is 11.0. The highest BCUT2D eigenvalue weighted by atomic mass is 32.2. The lowest BCUT2D eigenvalue weighted by atomic mass is 10.4. The molecule has 5 heteroatoms. The molecule has 0 bridgehead atoms. The van der Waals surface area contributed by atoms with E-state index in [2.05, 4.69) is 4.90 Å². The lowest BCUT2D eigenvalue weighted by Gasteiger charge is -2.24. The third kappa shape index (κ3) is 4.19. The van der Waals surface area contributed by atoms with Crippen LogP contribution in [-0.4, -0.2) is 51.3 Å². The van der Waals surface area contributed by atoms with E-state index in [1.54, 1.807) is 6.08 Å². The summed E-state index contributed by atoms with van der Waals surface area (Å²) in [5.74, 6) is 0.502. The number of nitrogens with zero attached hydrogens (tertiary/aromatic N) is 1. The number of carboxylic acids is 1. The Labute approximate surface area is 79.7 Å². The molecule has 1 fully saturated rings. The van der Waals surface area contributed by atoms with E-state index in [4.69, 9.17) is 5.11 Å². The molecule has 1 saturated heterocycles. The molecule has 0 amide bonds. The van der Waals surface area contributed by atoms with Gasteiger partial charge in [0.05, 0.1) is 0 Å². The molecule has 0 atom stereocenters. The summed E-state index contributed by atoms with van der Waals surface area (Å²) in [5.41, 5.74) is 0. The molecular weight excluding hydrogens is 190 g/mol. The van der Waals surface area contributed by atoms with Crippen LogP contribution in [0.15, 0.2) is 12.2 Å². The van der Waals surface area contributed by atoms with Crippen molar-refractivity contribution in [2.45, 2.75) is 0 Å². The van der Waals surface area contributed by atoms with Crippen molar-refractivity contribution in [2.75, 3.05) is 31.1 Å². The summed E-state index contributed by atoms with van der Waals surface area (Å²) in [7, 11) is -0.657. The van der Waals surface area contributed by atoms with E-state index in [9.17, 15) is 9.00 Å². The van der Waals surface area contributed by atoms with E-state index in [1.807, 2.05) is 0 Å². The Morgan fingerprint density at radius 3 is 2.62 bits per heavy atom. The van der Waals surface area contributed by atoms with Crippen LogP contribution in [0.1, 0.15) is 0 Å². The molecule has 1 aliphatic heterocycles. The Balaban J connectivity index is 2.23. The Morgan fingerprint density at radius 2 is 2.08 bits per heavy atom. The highest BCUT2D eigenvalue weighted by molar-refractivity contribution is 7.85. The Bertz CT molecular complexity index is 230. The molecule has 13 heavy (non-hydrogen) atoms. The van der Waals surface area contributed by atoms with E-state index in [0.29, 0.717) is 18.1 Å². The fraction of sp³-hybridized carbons (Fsp3) is 0.625. The molecule has 0 aromatic rings. The van der Waals surface area contributed by atoms with E-state index in [-0.39, 0.29) is 0 Å². The molecular formula is C8H13NO3S. The standard InChI is InChI=1S/C8H13NO3S/c10-8(11)2-1-3-9-4-6-13(12)7-5-9/h1-2H,3-7H2,(H,10,11). The quantitative estimate of drug-likeness (QED) is 0.639. The fourth-order valence-corrected chi connectivity index (χ4v) is 2.29. The molecule has 4 nitrogen and oxygen atoms in total. The SMILES string of the molecule is O=C(O)C=CCN1CCS(=O)CC1. The minimum absolute atomic E-state index is 0.642. The third-order valence-electron chi connectivity index (χ3n) is 1.89. The molecule has 0 aromatic carbocycles. The average Bonchev–Trinajstić information content (AvgIpc) is 2.08. The molecule has 74 valence electrons. The van der Waals surface area contributed by atoms with E-state index >= 15 is 0 Å². The lowest BCUT2D eigenvalue weighted by molar-refractivity contribution is -0.131.